The van der Waals surface area contributed by atoms with Crippen molar-refractivity contribution >= 4 is 6.03 Å². The summed E-state index contributed by atoms with van der Waals surface area (Å²) < 4.78 is 78.9. The van der Waals surface area contributed by atoms with E-state index in [-0.39, 0.29) is 26.1 Å². The maximum absolute atomic E-state index is 12.9. The van der Waals surface area contributed by atoms with E-state index in [9.17, 15) is 41.0 Å². The van der Waals surface area contributed by atoms with Crippen LogP contribution < -0.4 is 10.9 Å². The highest BCUT2D eigenvalue weighted by Gasteiger charge is 2.59. The quantitative estimate of drug-likeness (QED) is 0.581. The van der Waals surface area contributed by atoms with Gasteiger partial charge in [-0.2, -0.15) is 26.3 Å². The van der Waals surface area contributed by atoms with Gasteiger partial charge in [-0.15, -0.1) is 0 Å². The number of benzene rings is 1. The van der Waals surface area contributed by atoms with Gasteiger partial charge in [-0.05, 0) is 19.3 Å². The SMILES string of the molecule is O=C(NC(C(F)(F)F)C(F)(F)F)N1CC[C@@](O)(Cn2cnc(-c3ccccc3)cc2=O)C2(CCCC2)C1. The number of nitrogens with one attached hydrogen (secondary N) is 1. The number of carbonyl (C=O) groups excluding carboxylic acids is 1. The molecule has 1 aromatic carbocycles. The Morgan fingerprint density at radius 2 is 1.68 bits per heavy atom. The zero-order chi connectivity index (χ0) is 27.1. The fraction of sp³-hybridized carbons (Fsp3) is 0.542. The second-order valence-electron chi connectivity index (χ2n) is 9.76. The van der Waals surface area contributed by atoms with Crippen LogP contribution in [0.15, 0.2) is 47.5 Å². The molecule has 2 N–H and O–H groups in total. The molecule has 37 heavy (non-hydrogen) atoms. The topological polar surface area (TPSA) is 87.5 Å². The molecule has 2 amide bonds. The summed E-state index contributed by atoms with van der Waals surface area (Å²) in [4.78, 5) is 30.5. The minimum absolute atomic E-state index is 0.129. The zero-order valence-electron chi connectivity index (χ0n) is 19.6. The summed E-state index contributed by atoms with van der Waals surface area (Å²) in [6.45, 7) is -0.685. The minimum Gasteiger partial charge on any atom is -0.387 e. The van der Waals surface area contributed by atoms with Crippen molar-refractivity contribution < 1.29 is 36.2 Å². The monoisotopic (exact) mass is 532 g/mol. The molecule has 1 aromatic heterocycles. The lowest BCUT2D eigenvalue weighted by Crippen LogP contribution is -2.65. The van der Waals surface area contributed by atoms with Crippen molar-refractivity contribution in [2.45, 2.75) is 62.6 Å². The highest BCUT2D eigenvalue weighted by molar-refractivity contribution is 5.75. The summed E-state index contributed by atoms with van der Waals surface area (Å²) in [5.41, 5.74) is -1.76. The summed E-state index contributed by atoms with van der Waals surface area (Å²) in [5, 5.41) is 12.8. The molecule has 0 unspecified atom stereocenters. The molecule has 1 aliphatic heterocycles. The molecule has 0 bridgehead atoms. The number of likely N-dealkylation sites (tertiary alicyclic amines) is 1. The van der Waals surface area contributed by atoms with Crippen LogP contribution in [0.25, 0.3) is 11.3 Å². The van der Waals surface area contributed by atoms with Gasteiger partial charge in [-0.1, -0.05) is 43.2 Å². The number of carbonyl (C=O) groups is 1. The Kier molecular flexibility index (Phi) is 7.04. The number of urea groups is 1. The Bertz CT molecular complexity index is 1160. The summed E-state index contributed by atoms with van der Waals surface area (Å²) in [7, 11) is 0. The molecular formula is C24H26F6N4O3. The third kappa shape index (κ3) is 5.46. The first kappa shape index (κ1) is 27.0. The first-order valence-corrected chi connectivity index (χ1v) is 11.8. The summed E-state index contributed by atoms with van der Waals surface area (Å²) >= 11 is 0. The number of aromatic nitrogens is 2. The predicted molar refractivity (Wildman–Crippen MR) is 120 cm³/mol. The molecule has 0 radical (unpaired) electrons. The standard InChI is InChI=1S/C24H26F6N4O3/c25-23(26,27)19(24(28,29)30)32-20(36)33-11-10-22(37,21(13-33)8-4-5-9-21)14-34-15-31-17(12-18(34)35)16-6-2-1-3-7-16/h1-3,6-7,12,15,19,37H,4-5,8-11,13-14H2,(H,32,36)/t22-/m1/s1. The Morgan fingerprint density at radius 1 is 1.05 bits per heavy atom. The minimum atomic E-state index is -5.71. The van der Waals surface area contributed by atoms with Crippen LogP contribution in [0, 0.1) is 5.41 Å². The molecule has 1 saturated heterocycles. The zero-order valence-corrected chi connectivity index (χ0v) is 19.6. The second kappa shape index (κ2) is 9.66. The number of rotatable bonds is 4. The van der Waals surface area contributed by atoms with Gasteiger partial charge >= 0.3 is 18.4 Å². The van der Waals surface area contributed by atoms with Gasteiger partial charge in [0.2, 0.25) is 6.04 Å². The predicted octanol–water partition coefficient (Wildman–Crippen LogP) is 4.11. The van der Waals surface area contributed by atoms with Gasteiger partial charge < -0.3 is 15.3 Å². The van der Waals surface area contributed by atoms with Crippen LogP contribution in [-0.4, -0.2) is 62.7 Å². The Labute approximate surface area is 208 Å². The van der Waals surface area contributed by atoms with Gasteiger partial charge in [-0.25, -0.2) is 9.78 Å². The number of piperidine rings is 1. The molecule has 2 aromatic rings. The van der Waals surface area contributed by atoms with Crippen molar-refractivity contribution in [1.29, 1.82) is 0 Å². The first-order valence-electron chi connectivity index (χ1n) is 11.8. The largest absolute Gasteiger partial charge is 0.417 e. The fourth-order valence-electron chi connectivity index (χ4n) is 5.43. The van der Waals surface area contributed by atoms with E-state index in [2.05, 4.69) is 4.98 Å². The highest BCUT2D eigenvalue weighted by Crippen LogP contribution is 2.51. The van der Waals surface area contributed by atoms with Crippen molar-refractivity contribution in [1.82, 2.24) is 19.8 Å². The lowest BCUT2D eigenvalue weighted by Gasteiger charge is -2.52. The first-order chi connectivity index (χ1) is 17.2. The molecule has 202 valence electrons. The van der Waals surface area contributed by atoms with Crippen LogP contribution in [-0.2, 0) is 6.54 Å². The van der Waals surface area contributed by atoms with Gasteiger partial charge in [0.25, 0.3) is 5.56 Å². The summed E-state index contributed by atoms with van der Waals surface area (Å²) in [5.74, 6) is 0. The smallest absolute Gasteiger partial charge is 0.387 e. The number of halogens is 6. The third-order valence-electron chi connectivity index (χ3n) is 7.43. The Morgan fingerprint density at radius 3 is 2.24 bits per heavy atom. The van der Waals surface area contributed by atoms with E-state index in [0.717, 1.165) is 15.8 Å². The van der Waals surface area contributed by atoms with Crippen LogP contribution in [0.1, 0.15) is 32.1 Å². The molecule has 1 spiro atoms. The molecule has 2 aliphatic rings. The Hall–Kier alpha value is -3.09. The van der Waals surface area contributed by atoms with E-state index >= 15 is 0 Å². The van der Waals surface area contributed by atoms with E-state index in [4.69, 9.17) is 0 Å². The van der Waals surface area contributed by atoms with Gasteiger partial charge in [0.1, 0.15) is 0 Å². The molecule has 4 rings (SSSR count). The molecular weight excluding hydrogens is 506 g/mol. The molecule has 2 fully saturated rings. The average molecular weight is 532 g/mol. The molecule has 1 aliphatic carbocycles. The highest BCUT2D eigenvalue weighted by atomic mass is 19.4. The van der Waals surface area contributed by atoms with Gasteiger partial charge in [0.15, 0.2) is 0 Å². The van der Waals surface area contributed by atoms with Crippen LogP contribution in [0.5, 0.6) is 0 Å². The van der Waals surface area contributed by atoms with Crippen LogP contribution in [0.3, 0.4) is 0 Å². The summed E-state index contributed by atoms with van der Waals surface area (Å²) in [6.07, 6.45) is -8.13. The van der Waals surface area contributed by atoms with E-state index in [0.29, 0.717) is 31.4 Å². The normalized spacial score (nSPS) is 22.0. The van der Waals surface area contributed by atoms with Crippen molar-refractivity contribution in [3.63, 3.8) is 0 Å². The Balaban J connectivity index is 1.54. The number of aliphatic hydroxyl groups is 1. The molecule has 13 heteroatoms. The maximum atomic E-state index is 12.9. The molecule has 2 heterocycles. The number of hydrogen-bond donors (Lipinski definition) is 2. The third-order valence-corrected chi connectivity index (χ3v) is 7.43. The van der Waals surface area contributed by atoms with Crippen LogP contribution in [0.4, 0.5) is 31.1 Å². The van der Waals surface area contributed by atoms with E-state index in [1.54, 1.807) is 24.3 Å². The lowest BCUT2D eigenvalue weighted by molar-refractivity contribution is -0.255. The molecule has 7 nitrogen and oxygen atoms in total. The number of alkyl halides is 6. The van der Waals surface area contributed by atoms with E-state index < -0.39 is 41.0 Å². The number of amides is 2. The molecule has 1 atom stereocenters. The van der Waals surface area contributed by atoms with Crippen molar-refractivity contribution in [3.8, 4) is 11.3 Å². The lowest BCUT2D eigenvalue weighted by atomic mass is 9.66. The fourth-order valence-corrected chi connectivity index (χ4v) is 5.43. The number of nitrogens with zero attached hydrogens (tertiary/aromatic N) is 3. The maximum Gasteiger partial charge on any atom is 0.417 e. The number of hydrogen-bond acceptors (Lipinski definition) is 4. The average Bonchev–Trinajstić information content (AvgIpc) is 3.30. The van der Waals surface area contributed by atoms with Gasteiger partial charge in [0, 0.05) is 30.1 Å². The van der Waals surface area contributed by atoms with E-state index in [1.807, 2.05) is 6.07 Å². The summed E-state index contributed by atoms with van der Waals surface area (Å²) in [6, 6.07) is 4.82. The van der Waals surface area contributed by atoms with Gasteiger partial charge in [-0.3, -0.25) is 9.36 Å². The van der Waals surface area contributed by atoms with Crippen LogP contribution >= 0.6 is 0 Å². The van der Waals surface area contributed by atoms with Gasteiger partial charge in [0.05, 0.1) is 24.2 Å². The van der Waals surface area contributed by atoms with Crippen molar-refractivity contribution in [2.75, 3.05) is 13.1 Å². The second-order valence-corrected chi connectivity index (χ2v) is 9.76. The van der Waals surface area contributed by atoms with E-state index in [1.165, 1.54) is 17.0 Å². The van der Waals surface area contributed by atoms with Crippen molar-refractivity contribution in [2.24, 2.45) is 5.41 Å². The van der Waals surface area contributed by atoms with Crippen LogP contribution in [0.2, 0.25) is 0 Å². The molecule has 1 saturated carbocycles. The van der Waals surface area contributed by atoms with Crippen molar-refractivity contribution in [3.05, 3.63) is 53.1 Å².